The Hall–Kier alpha value is -4.07. The quantitative estimate of drug-likeness (QED) is 0.0515. The Morgan fingerprint density at radius 1 is 1.02 bits per heavy atom. The minimum atomic E-state index is -1.36. The van der Waals surface area contributed by atoms with E-state index in [1.807, 2.05) is 36.1 Å². The van der Waals surface area contributed by atoms with Gasteiger partial charge in [0.1, 0.15) is 36.2 Å². The molecule has 0 aromatic heterocycles. The van der Waals surface area contributed by atoms with Crippen molar-refractivity contribution in [2.45, 2.75) is 82.5 Å². The summed E-state index contributed by atoms with van der Waals surface area (Å²) in [6.07, 6.45) is 11.3. The van der Waals surface area contributed by atoms with Crippen molar-refractivity contribution in [2.24, 2.45) is 28.8 Å². The van der Waals surface area contributed by atoms with Crippen molar-refractivity contribution in [1.29, 1.82) is 0 Å². The Morgan fingerprint density at radius 2 is 1.80 bits per heavy atom. The molecule has 2 saturated carbocycles. The van der Waals surface area contributed by atoms with Gasteiger partial charge in [0.05, 0.1) is 38.1 Å². The molecule has 304 valence electrons. The summed E-state index contributed by atoms with van der Waals surface area (Å²) in [5, 5.41) is 33.9. The van der Waals surface area contributed by atoms with E-state index in [2.05, 4.69) is 12.7 Å². The largest absolute Gasteiger partial charge is 0.459 e. The van der Waals surface area contributed by atoms with Gasteiger partial charge in [-0.15, -0.1) is 6.58 Å². The number of carbonyl (C=O) groups excluding carboxylic acids is 2. The number of aliphatic hydroxyl groups is 3. The van der Waals surface area contributed by atoms with E-state index >= 15 is 0 Å². The number of nitrogens with zero attached hydrogens (tertiary/aromatic N) is 2. The predicted molar refractivity (Wildman–Crippen MR) is 211 cm³/mol. The number of hydrogen-bond donors (Lipinski definition) is 3. The lowest BCUT2D eigenvalue weighted by Crippen LogP contribution is -2.70. The van der Waals surface area contributed by atoms with Gasteiger partial charge in [-0.3, -0.25) is 9.59 Å². The number of oxime groups is 1. The highest BCUT2D eigenvalue weighted by molar-refractivity contribution is 6.03. The Kier molecular flexibility index (Phi) is 14.7. The number of aldehydes is 1. The maximum absolute atomic E-state index is 14.4. The van der Waals surface area contributed by atoms with E-state index < -0.39 is 17.7 Å². The minimum absolute atomic E-state index is 0.0109. The summed E-state index contributed by atoms with van der Waals surface area (Å²) in [5.74, 6) is -0.220. The third kappa shape index (κ3) is 9.21. The number of amides is 1. The van der Waals surface area contributed by atoms with Crippen molar-refractivity contribution >= 4 is 17.9 Å². The topological polar surface area (TPSA) is 157 Å². The zero-order valence-electron chi connectivity index (χ0n) is 32.6. The second-order valence-corrected chi connectivity index (χ2v) is 15.1. The Labute approximate surface area is 330 Å². The van der Waals surface area contributed by atoms with E-state index in [0.29, 0.717) is 48.7 Å². The number of unbranched alkanes of at least 4 members (excludes halogenated alkanes) is 2. The van der Waals surface area contributed by atoms with Gasteiger partial charge in [-0.2, -0.15) is 0 Å². The molecular weight excluding hydrogens is 716 g/mol. The normalized spacial score (nSPS) is 25.7. The molecular formula is C44H58N2O10. The van der Waals surface area contributed by atoms with Crippen LogP contribution in [-0.2, 0) is 19.1 Å². The van der Waals surface area contributed by atoms with Crippen LogP contribution in [0.15, 0.2) is 71.9 Å². The van der Waals surface area contributed by atoms with Gasteiger partial charge in [0.2, 0.25) is 11.7 Å². The second kappa shape index (κ2) is 19.9. The number of carbonyl (C=O) groups is 2. The summed E-state index contributed by atoms with van der Waals surface area (Å²) < 4.78 is 26.4. The standard InChI is InChI=1S/C44H58N2O10/c1-3-22-53-44-40(46(18-23-52-24-21-49)43(51)31-14-15-31)28-38(45-54-4-2)36-26-32(11-5-7-19-47)35(13-6-8-20-48)41(42(36)44)37-27-34(16-17-39(37)56-44)55-33-12-9-10-30(25-33)29-50/h3,9-10,12,16-17,25-27,29,31-32,35,40-42,47-49H,1,4-8,11,13-15,18-24,28H2,2H3/t32-,35+,40-,41+,42+,44+/m0/s1. The zero-order valence-corrected chi connectivity index (χ0v) is 32.6. The SMILES string of the molecule is C=CCO[C@@]12Oc3ccc(Oc4cccc(C=O)c4)cc3[C@H]3[C@H](CCCCO)[C@@H](CCCCO)C=C(C(=NOCC)C[C@@H]1N(CCOCCO)C(=O)C1CC1)[C@H]32. The van der Waals surface area contributed by atoms with E-state index in [0.717, 1.165) is 61.7 Å². The predicted octanol–water partition coefficient (Wildman–Crippen LogP) is 6.19. The Bertz CT molecular complexity index is 1710. The van der Waals surface area contributed by atoms with Crippen LogP contribution in [-0.4, -0.2) is 103 Å². The molecule has 1 aliphatic heterocycles. The molecule has 3 N–H and O–H groups in total. The van der Waals surface area contributed by atoms with Gasteiger partial charge in [0.25, 0.3) is 0 Å². The summed E-state index contributed by atoms with van der Waals surface area (Å²) >= 11 is 0. The van der Waals surface area contributed by atoms with Crippen LogP contribution in [0.3, 0.4) is 0 Å². The van der Waals surface area contributed by atoms with E-state index in [1.54, 1.807) is 24.3 Å². The molecule has 56 heavy (non-hydrogen) atoms. The molecule has 1 heterocycles. The lowest BCUT2D eigenvalue weighted by Gasteiger charge is -2.60. The van der Waals surface area contributed by atoms with Crippen LogP contribution in [0.2, 0.25) is 0 Å². The molecule has 2 aromatic carbocycles. The average molecular weight is 775 g/mol. The van der Waals surface area contributed by atoms with E-state index in [9.17, 15) is 24.9 Å². The highest BCUT2D eigenvalue weighted by Crippen LogP contribution is 2.62. The fourth-order valence-corrected chi connectivity index (χ4v) is 8.96. The van der Waals surface area contributed by atoms with Crippen molar-refractivity contribution in [3.63, 3.8) is 0 Å². The molecule has 12 heteroatoms. The first kappa shape index (κ1) is 41.6. The van der Waals surface area contributed by atoms with Crippen molar-refractivity contribution in [3.05, 3.63) is 77.9 Å². The van der Waals surface area contributed by atoms with Gasteiger partial charge in [-0.25, -0.2) is 0 Å². The second-order valence-electron chi connectivity index (χ2n) is 15.1. The first-order valence-corrected chi connectivity index (χ1v) is 20.3. The maximum Gasteiger partial charge on any atom is 0.239 e. The van der Waals surface area contributed by atoms with Crippen molar-refractivity contribution in [3.8, 4) is 17.2 Å². The van der Waals surface area contributed by atoms with Crippen LogP contribution < -0.4 is 9.47 Å². The lowest BCUT2D eigenvalue weighted by molar-refractivity contribution is -0.258. The number of ether oxygens (including phenoxy) is 4. The fourth-order valence-electron chi connectivity index (χ4n) is 8.96. The third-order valence-corrected chi connectivity index (χ3v) is 11.5. The Balaban J connectivity index is 1.56. The van der Waals surface area contributed by atoms with Gasteiger partial charge >= 0.3 is 0 Å². The van der Waals surface area contributed by atoms with Crippen LogP contribution in [0.5, 0.6) is 17.2 Å². The number of hydrogen-bond acceptors (Lipinski definition) is 11. The van der Waals surface area contributed by atoms with Gasteiger partial charge in [-0.05, 0) is 93.2 Å². The van der Waals surface area contributed by atoms with Crippen LogP contribution >= 0.6 is 0 Å². The summed E-state index contributed by atoms with van der Waals surface area (Å²) in [6, 6.07) is 12.2. The molecule has 6 rings (SSSR count). The van der Waals surface area contributed by atoms with Crippen LogP contribution in [0, 0.1) is 23.7 Å². The molecule has 1 amide bonds. The van der Waals surface area contributed by atoms with Crippen molar-refractivity contribution in [2.75, 3.05) is 52.8 Å². The summed E-state index contributed by atoms with van der Waals surface area (Å²) in [7, 11) is 0. The lowest BCUT2D eigenvalue weighted by atomic mass is 9.55. The van der Waals surface area contributed by atoms with Crippen LogP contribution in [0.1, 0.15) is 86.6 Å². The molecule has 0 unspecified atom stereocenters. The average Bonchev–Trinajstić information content (AvgIpc) is 4.07. The van der Waals surface area contributed by atoms with Gasteiger partial charge < -0.3 is 44.0 Å². The fraction of sp³-hybridized carbons (Fsp3) is 0.568. The molecule has 0 bridgehead atoms. The Morgan fingerprint density at radius 3 is 2.52 bits per heavy atom. The van der Waals surface area contributed by atoms with E-state index in [-0.39, 0.29) is 75.8 Å². The summed E-state index contributed by atoms with van der Waals surface area (Å²) in [4.78, 5) is 33.7. The molecule has 12 nitrogen and oxygen atoms in total. The monoisotopic (exact) mass is 774 g/mol. The first-order valence-electron chi connectivity index (χ1n) is 20.3. The smallest absolute Gasteiger partial charge is 0.239 e. The molecule has 0 spiro atoms. The zero-order chi connectivity index (χ0) is 39.5. The number of benzene rings is 2. The van der Waals surface area contributed by atoms with Crippen molar-refractivity contribution in [1.82, 2.24) is 4.90 Å². The number of fused-ring (bicyclic) bond motifs is 2. The highest BCUT2D eigenvalue weighted by atomic mass is 16.7. The van der Waals surface area contributed by atoms with Crippen molar-refractivity contribution < 1.29 is 48.7 Å². The third-order valence-electron chi connectivity index (χ3n) is 11.5. The number of rotatable bonds is 23. The molecule has 0 saturated heterocycles. The molecule has 2 fully saturated rings. The van der Waals surface area contributed by atoms with Crippen LogP contribution in [0.4, 0.5) is 0 Å². The summed E-state index contributed by atoms with van der Waals surface area (Å²) in [6.45, 7) is 7.14. The first-order chi connectivity index (χ1) is 27.4. The maximum atomic E-state index is 14.4. The molecule has 6 atom stereocenters. The van der Waals surface area contributed by atoms with Gasteiger partial charge in [-0.1, -0.05) is 42.3 Å². The van der Waals surface area contributed by atoms with E-state index in [4.69, 9.17) is 28.9 Å². The van der Waals surface area contributed by atoms with Gasteiger partial charge in [0.15, 0.2) is 0 Å². The molecule has 3 aliphatic carbocycles. The summed E-state index contributed by atoms with van der Waals surface area (Å²) in [5.41, 5.74) is 3.14. The van der Waals surface area contributed by atoms with Gasteiger partial charge in [0, 0.05) is 49.1 Å². The minimum Gasteiger partial charge on any atom is -0.459 e. The number of aliphatic hydroxyl groups excluding tert-OH is 3. The number of allylic oxidation sites excluding steroid dienone is 1. The molecule has 0 radical (unpaired) electrons. The van der Waals surface area contributed by atoms with E-state index in [1.165, 1.54) is 0 Å². The van der Waals surface area contributed by atoms with Crippen LogP contribution in [0.25, 0.3) is 0 Å². The molecule has 4 aliphatic rings. The molecule has 2 aromatic rings. The highest BCUT2D eigenvalue weighted by Gasteiger charge is 2.65.